The number of oxazole rings is 2. The Morgan fingerprint density at radius 1 is 0.931 bits per heavy atom. The largest absolute Gasteiger partial charge is 0.444 e. The van der Waals surface area contributed by atoms with Gasteiger partial charge >= 0.3 is 0 Å². The third kappa shape index (κ3) is 5.45. The summed E-state index contributed by atoms with van der Waals surface area (Å²) in [6.45, 7) is 0.998. The van der Waals surface area contributed by atoms with Crippen molar-refractivity contribution in [2.24, 2.45) is 4.99 Å². The summed E-state index contributed by atoms with van der Waals surface area (Å²) in [5.74, 6) is 1.87. The smallest absolute Gasteiger partial charge is 0.236 e. The minimum Gasteiger partial charge on any atom is -0.444 e. The molecular formula is C20H20IN5O2S. The van der Waals surface area contributed by atoms with Crippen molar-refractivity contribution in [1.82, 2.24) is 20.6 Å². The number of nitrogens with zero attached hydrogens (tertiary/aromatic N) is 3. The number of hydrogen-bond donors (Lipinski definition) is 2. The van der Waals surface area contributed by atoms with E-state index in [1.54, 1.807) is 30.9 Å². The topological polar surface area (TPSA) is 88.5 Å². The SMILES string of the molecule is CN=C(NCc1coc(-c2ccccc2)n1)NCc1coc(-c2cccs2)n1.I. The van der Waals surface area contributed by atoms with E-state index in [9.17, 15) is 0 Å². The van der Waals surface area contributed by atoms with Crippen molar-refractivity contribution in [2.75, 3.05) is 7.05 Å². The Balaban J connectivity index is 0.00000240. The van der Waals surface area contributed by atoms with Crippen LogP contribution in [0.25, 0.3) is 22.2 Å². The number of rotatable bonds is 6. The van der Waals surface area contributed by atoms with E-state index in [2.05, 4.69) is 25.6 Å². The third-order valence-corrected chi connectivity index (χ3v) is 4.81. The van der Waals surface area contributed by atoms with Gasteiger partial charge in [-0.1, -0.05) is 24.3 Å². The number of nitrogens with one attached hydrogen (secondary N) is 2. The number of hydrogen-bond acceptors (Lipinski definition) is 6. The van der Waals surface area contributed by atoms with E-state index >= 15 is 0 Å². The monoisotopic (exact) mass is 521 g/mol. The molecular weight excluding hydrogens is 501 g/mol. The van der Waals surface area contributed by atoms with Crippen LogP contribution in [0.2, 0.25) is 0 Å². The van der Waals surface area contributed by atoms with E-state index in [-0.39, 0.29) is 24.0 Å². The molecule has 1 aromatic carbocycles. The molecule has 0 aliphatic carbocycles. The summed E-state index contributed by atoms with van der Waals surface area (Å²) >= 11 is 1.60. The molecule has 29 heavy (non-hydrogen) atoms. The molecule has 7 nitrogen and oxygen atoms in total. The Hall–Kier alpha value is -2.66. The quantitative estimate of drug-likeness (QED) is 0.220. The van der Waals surface area contributed by atoms with Crippen LogP contribution in [-0.4, -0.2) is 23.0 Å². The lowest BCUT2D eigenvalue weighted by molar-refractivity contribution is 0.572. The molecule has 0 unspecified atom stereocenters. The maximum absolute atomic E-state index is 5.55. The average molecular weight is 521 g/mol. The second-order valence-electron chi connectivity index (χ2n) is 5.91. The number of thiophene rings is 1. The van der Waals surface area contributed by atoms with Crippen LogP contribution in [0.4, 0.5) is 0 Å². The first-order valence-corrected chi connectivity index (χ1v) is 9.62. The summed E-state index contributed by atoms with van der Waals surface area (Å²) in [5, 5.41) is 8.43. The first-order chi connectivity index (χ1) is 13.8. The fourth-order valence-electron chi connectivity index (χ4n) is 2.57. The van der Waals surface area contributed by atoms with Crippen molar-refractivity contribution < 1.29 is 8.83 Å². The molecule has 3 aromatic heterocycles. The first kappa shape index (κ1) is 21.1. The van der Waals surface area contributed by atoms with Gasteiger partial charge in [0.1, 0.15) is 12.5 Å². The Bertz CT molecular complexity index is 1040. The van der Waals surface area contributed by atoms with Gasteiger partial charge < -0.3 is 19.5 Å². The van der Waals surface area contributed by atoms with Crippen molar-refractivity contribution in [3.63, 3.8) is 0 Å². The predicted molar refractivity (Wildman–Crippen MR) is 124 cm³/mol. The van der Waals surface area contributed by atoms with Gasteiger partial charge in [0.15, 0.2) is 5.96 Å². The van der Waals surface area contributed by atoms with Gasteiger partial charge in [-0.2, -0.15) is 0 Å². The normalized spacial score (nSPS) is 11.1. The van der Waals surface area contributed by atoms with Gasteiger partial charge in [-0.25, -0.2) is 9.97 Å². The second kappa shape index (κ2) is 10.2. The molecule has 150 valence electrons. The van der Waals surface area contributed by atoms with Crippen LogP contribution in [-0.2, 0) is 13.1 Å². The fraction of sp³-hybridized carbons (Fsp3) is 0.150. The van der Waals surface area contributed by atoms with Crippen molar-refractivity contribution in [3.8, 4) is 22.2 Å². The van der Waals surface area contributed by atoms with Gasteiger partial charge in [-0.15, -0.1) is 35.3 Å². The maximum atomic E-state index is 5.55. The third-order valence-electron chi connectivity index (χ3n) is 3.95. The molecule has 0 spiro atoms. The lowest BCUT2D eigenvalue weighted by Crippen LogP contribution is -2.36. The molecule has 0 aliphatic heterocycles. The molecule has 0 aliphatic rings. The van der Waals surface area contributed by atoms with Crippen LogP contribution in [0.1, 0.15) is 11.4 Å². The fourth-order valence-corrected chi connectivity index (χ4v) is 3.23. The molecule has 2 N–H and O–H groups in total. The highest BCUT2D eigenvalue weighted by atomic mass is 127. The molecule has 4 rings (SSSR count). The number of aromatic nitrogens is 2. The Morgan fingerprint density at radius 3 is 2.21 bits per heavy atom. The molecule has 0 fully saturated rings. The zero-order valence-corrected chi connectivity index (χ0v) is 18.8. The first-order valence-electron chi connectivity index (χ1n) is 8.74. The van der Waals surface area contributed by atoms with Gasteiger partial charge in [0.2, 0.25) is 11.8 Å². The minimum absolute atomic E-state index is 0. The highest BCUT2D eigenvalue weighted by Crippen LogP contribution is 2.23. The molecule has 0 radical (unpaired) electrons. The van der Waals surface area contributed by atoms with Crippen molar-refractivity contribution in [2.45, 2.75) is 13.1 Å². The molecule has 3 heterocycles. The minimum atomic E-state index is 0. The van der Waals surface area contributed by atoms with Crippen LogP contribution in [0.15, 0.2) is 74.2 Å². The van der Waals surface area contributed by atoms with Gasteiger partial charge in [0.25, 0.3) is 0 Å². The lowest BCUT2D eigenvalue weighted by Gasteiger charge is -2.09. The van der Waals surface area contributed by atoms with Crippen molar-refractivity contribution >= 4 is 41.3 Å². The van der Waals surface area contributed by atoms with E-state index in [1.165, 1.54) is 0 Å². The zero-order chi connectivity index (χ0) is 19.2. The summed E-state index contributed by atoms with van der Waals surface area (Å²) in [6, 6.07) is 13.8. The average Bonchev–Trinajstić information content (AvgIpc) is 3.49. The van der Waals surface area contributed by atoms with Gasteiger partial charge in [0, 0.05) is 12.6 Å². The Kier molecular flexibility index (Phi) is 7.42. The van der Waals surface area contributed by atoms with Gasteiger partial charge in [0.05, 0.1) is 29.4 Å². The van der Waals surface area contributed by atoms with Crippen molar-refractivity contribution in [1.29, 1.82) is 0 Å². The highest BCUT2D eigenvalue weighted by Gasteiger charge is 2.09. The van der Waals surface area contributed by atoms with E-state index in [4.69, 9.17) is 8.83 Å². The number of aliphatic imine (C=N–C) groups is 1. The molecule has 4 aromatic rings. The molecule has 0 bridgehead atoms. The number of guanidine groups is 1. The second-order valence-corrected chi connectivity index (χ2v) is 6.86. The van der Waals surface area contributed by atoms with E-state index < -0.39 is 0 Å². The molecule has 0 atom stereocenters. The Labute approximate surface area is 189 Å². The lowest BCUT2D eigenvalue weighted by atomic mass is 10.2. The van der Waals surface area contributed by atoms with E-state index in [0.717, 1.165) is 21.8 Å². The highest BCUT2D eigenvalue weighted by molar-refractivity contribution is 14.0. The van der Waals surface area contributed by atoms with Gasteiger partial charge in [-0.05, 0) is 23.6 Å². The summed E-state index contributed by atoms with van der Waals surface area (Å²) in [6.07, 6.45) is 3.30. The number of benzene rings is 1. The summed E-state index contributed by atoms with van der Waals surface area (Å²) in [7, 11) is 1.72. The Morgan fingerprint density at radius 2 is 1.59 bits per heavy atom. The van der Waals surface area contributed by atoms with Crippen LogP contribution in [0.5, 0.6) is 0 Å². The standard InChI is InChI=1S/C20H19N5O2S.HI/c1-21-20(23-11-16-13-27-19(25-16)17-8-5-9-28-17)22-10-15-12-26-18(24-15)14-6-3-2-4-7-14;/h2-9,12-13H,10-11H2,1H3,(H2,21,22,23);1H. The predicted octanol–water partition coefficient (Wildman–Crippen LogP) is 4.54. The molecule has 9 heteroatoms. The number of halogens is 1. The molecule has 0 amide bonds. The molecule has 0 saturated carbocycles. The van der Waals surface area contributed by atoms with E-state index in [0.29, 0.717) is 30.8 Å². The van der Waals surface area contributed by atoms with Crippen LogP contribution < -0.4 is 10.6 Å². The van der Waals surface area contributed by atoms with Gasteiger partial charge in [-0.3, -0.25) is 4.99 Å². The van der Waals surface area contributed by atoms with Crippen LogP contribution in [0, 0.1) is 0 Å². The summed E-state index contributed by atoms with van der Waals surface area (Å²) in [4.78, 5) is 14.2. The summed E-state index contributed by atoms with van der Waals surface area (Å²) in [5.41, 5.74) is 2.55. The van der Waals surface area contributed by atoms with E-state index in [1.807, 2.05) is 47.8 Å². The van der Waals surface area contributed by atoms with Crippen molar-refractivity contribution in [3.05, 3.63) is 71.8 Å². The maximum Gasteiger partial charge on any atom is 0.236 e. The molecule has 0 saturated heterocycles. The summed E-state index contributed by atoms with van der Waals surface area (Å²) < 4.78 is 11.1. The zero-order valence-electron chi connectivity index (χ0n) is 15.7. The van der Waals surface area contributed by atoms with Crippen LogP contribution in [0.3, 0.4) is 0 Å². The van der Waals surface area contributed by atoms with Crippen LogP contribution >= 0.6 is 35.3 Å².